The summed E-state index contributed by atoms with van der Waals surface area (Å²) in [5.41, 5.74) is 1.52. The van der Waals surface area contributed by atoms with E-state index in [1.165, 1.54) is 32.1 Å². The predicted octanol–water partition coefficient (Wildman–Crippen LogP) is 6.34. The summed E-state index contributed by atoms with van der Waals surface area (Å²) in [6, 6.07) is 0. The third-order valence-electron chi connectivity index (χ3n) is 9.73. The van der Waals surface area contributed by atoms with E-state index in [0.717, 1.165) is 36.2 Å². The van der Waals surface area contributed by atoms with Crippen molar-refractivity contribution in [3.8, 4) is 0 Å². The molecule has 0 aromatic heterocycles. The second-order valence-electron chi connectivity index (χ2n) is 11.8. The average molecular weight is 399 g/mol. The average Bonchev–Trinajstić information content (AvgIpc) is 3.00. The first kappa shape index (κ1) is 21.3. The molecule has 0 radical (unpaired) electrons. The monoisotopic (exact) mass is 398 g/mol. The van der Waals surface area contributed by atoms with Crippen molar-refractivity contribution in [2.24, 2.45) is 46.3 Å². The van der Waals surface area contributed by atoms with Crippen LogP contribution in [0.5, 0.6) is 0 Å². The summed E-state index contributed by atoms with van der Waals surface area (Å²) in [6.45, 7) is 12.0. The number of fused-ring (bicyclic) bond motifs is 5. The van der Waals surface area contributed by atoms with Gasteiger partial charge < -0.3 is 5.11 Å². The molecule has 2 heteroatoms. The number of allylic oxidation sites excluding steroid dienone is 2. The maximum Gasteiger partial charge on any atom is 0.155 e. The van der Waals surface area contributed by atoms with Crippen LogP contribution in [0.2, 0.25) is 0 Å². The predicted molar refractivity (Wildman–Crippen MR) is 119 cm³/mol. The van der Waals surface area contributed by atoms with Crippen molar-refractivity contribution >= 4 is 5.78 Å². The number of aliphatic hydroxyl groups excluding tert-OH is 1. The van der Waals surface area contributed by atoms with Crippen molar-refractivity contribution in [3.05, 3.63) is 23.8 Å². The van der Waals surface area contributed by atoms with Gasteiger partial charge in [0.1, 0.15) is 0 Å². The van der Waals surface area contributed by atoms with Gasteiger partial charge >= 0.3 is 0 Å². The van der Waals surface area contributed by atoms with E-state index >= 15 is 0 Å². The number of carbonyl (C=O) groups excluding carboxylic acids is 1. The smallest absolute Gasteiger partial charge is 0.155 e. The third kappa shape index (κ3) is 3.48. The summed E-state index contributed by atoms with van der Waals surface area (Å²) in [5, 5.41) is 11.0. The van der Waals surface area contributed by atoms with E-state index in [1.807, 2.05) is 6.08 Å². The van der Waals surface area contributed by atoms with Gasteiger partial charge in [0, 0.05) is 6.42 Å². The summed E-state index contributed by atoms with van der Waals surface area (Å²) in [7, 11) is 0. The molecule has 0 bridgehead atoms. The number of carbonyl (C=O) groups is 1. The molecule has 1 N–H and O–H groups in total. The Morgan fingerprint density at radius 1 is 1.14 bits per heavy atom. The lowest BCUT2D eigenvalue weighted by molar-refractivity contribution is -0.119. The summed E-state index contributed by atoms with van der Waals surface area (Å²) in [6.07, 6.45) is 15.2. The van der Waals surface area contributed by atoms with Gasteiger partial charge in [-0.2, -0.15) is 0 Å². The van der Waals surface area contributed by atoms with Gasteiger partial charge in [0.15, 0.2) is 5.78 Å². The Bertz CT molecular complexity index is 703. The highest BCUT2D eigenvalue weighted by Gasteiger charge is 2.60. The van der Waals surface area contributed by atoms with E-state index in [-0.39, 0.29) is 11.2 Å². The van der Waals surface area contributed by atoms with Crippen molar-refractivity contribution in [2.75, 3.05) is 0 Å². The zero-order valence-corrected chi connectivity index (χ0v) is 19.3. The molecule has 2 nitrogen and oxygen atoms in total. The molecule has 0 aromatic rings. The molecule has 0 heterocycles. The van der Waals surface area contributed by atoms with Crippen LogP contribution in [-0.4, -0.2) is 17.0 Å². The largest absolute Gasteiger partial charge is 0.389 e. The number of hydrogen-bond donors (Lipinski definition) is 1. The lowest BCUT2D eigenvalue weighted by Crippen LogP contribution is -2.54. The second kappa shape index (κ2) is 7.66. The summed E-state index contributed by atoms with van der Waals surface area (Å²) < 4.78 is 0. The van der Waals surface area contributed by atoms with Crippen molar-refractivity contribution < 1.29 is 9.90 Å². The highest BCUT2D eigenvalue weighted by molar-refractivity contribution is 5.91. The molecule has 4 aliphatic rings. The fourth-order valence-corrected chi connectivity index (χ4v) is 8.21. The first-order valence-corrected chi connectivity index (χ1v) is 12.3. The summed E-state index contributed by atoms with van der Waals surface area (Å²) in [4.78, 5) is 12.1. The van der Waals surface area contributed by atoms with Gasteiger partial charge in [0.2, 0.25) is 0 Å². The molecule has 4 rings (SSSR count). The highest BCUT2D eigenvalue weighted by atomic mass is 16.3. The van der Waals surface area contributed by atoms with E-state index in [2.05, 4.69) is 46.8 Å². The van der Waals surface area contributed by atoms with Crippen LogP contribution >= 0.6 is 0 Å². The van der Waals surface area contributed by atoms with Gasteiger partial charge in [-0.3, -0.25) is 4.79 Å². The van der Waals surface area contributed by atoms with Crippen molar-refractivity contribution in [1.29, 1.82) is 0 Å². The van der Waals surface area contributed by atoms with Crippen LogP contribution in [0.15, 0.2) is 23.8 Å². The minimum atomic E-state index is -0.407. The lowest BCUT2D eigenvalue weighted by Gasteiger charge is -2.59. The number of aliphatic hydroxyl groups is 1. The molecule has 0 unspecified atom stereocenters. The van der Waals surface area contributed by atoms with E-state index < -0.39 is 6.10 Å². The van der Waals surface area contributed by atoms with Gasteiger partial charge in [0.25, 0.3) is 0 Å². The van der Waals surface area contributed by atoms with E-state index in [1.54, 1.807) is 0 Å². The minimum absolute atomic E-state index is 0.0401. The lowest BCUT2D eigenvalue weighted by atomic mass is 9.46. The number of rotatable bonds is 4. The quantitative estimate of drug-likeness (QED) is 0.561. The van der Waals surface area contributed by atoms with E-state index in [4.69, 9.17) is 0 Å². The third-order valence-corrected chi connectivity index (χ3v) is 9.73. The van der Waals surface area contributed by atoms with E-state index in [9.17, 15) is 9.90 Å². The Balaban J connectivity index is 1.57. The SMILES string of the molecule is CC(C)C/C=C/[C@@H](C)[C@H]1CC[C@H]2[C@@H]3C[C@H](O)C4=CC(=O)CC[C@]4(C)[C@H]3CC[C@]12C. The molecule has 0 amide bonds. The topological polar surface area (TPSA) is 37.3 Å². The Labute approximate surface area is 178 Å². The van der Waals surface area contributed by atoms with E-state index in [0.29, 0.717) is 29.6 Å². The fraction of sp³-hybridized carbons (Fsp3) is 0.815. The molecule has 29 heavy (non-hydrogen) atoms. The fourth-order valence-electron chi connectivity index (χ4n) is 8.21. The maximum absolute atomic E-state index is 12.1. The Morgan fingerprint density at radius 2 is 1.90 bits per heavy atom. The normalized spacial score (nSPS) is 45.7. The Morgan fingerprint density at radius 3 is 2.62 bits per heavy atom. The standard InChI is InChI=1S/C27H42O2/c1-17(2)7-6-8-18(3)21-9-10-22-20-16-25(29)24-15-19(28)11-13-27(24,5)23(20)12-14-26(21,22)4/h6,8,15,17-18,20-23,25,29H,7,9-14,16H2,1-5H3/b8-6+/t18-,20+,21-,22+,23+,25+,26-,27-/m1/s1. The molecule has 0 saturated heterocycles. The summed E-state index contributed by atoms with van der Waals surface area (Å²) in [5.74, 6) is 4.37. The van der Waals surface area contributed by atoms with Crippen LogP contribution in [0.4, 0.5) is 0 Å². The second-order valence-corrected chi connectivity index (χ2v) is 11.8. The van der Waals surface area contributed by atoms with Gasteiger partial charge in [-0.15, -0.1) is 0 Å². The first-order valence-electron chi connectivity index (χ1n) is 12.3. The minimum Gasteiger partial charge on any atom is -0.389 e. The molecule has 3 fully saturated rings. The molecule has 0 aliphatic heterocycles. The molecule has 0 spiro atoms. The highest BCUT2D eigenvalue weighted by Crippen LogP contribution is 2.67. The van der Waals surface area contributed by atoms with Crippen LogP contribution in [0.3, 0.4) is 0 Å². The maximum atomic E-state index is 12.1. The van der Waals surface area contributed by atoms with Crippen LogP contribution in [0.25, 0.3) is 0 Å². The molecule has 0 aromatic carbocycles. The van der Waals surface area contributed by atoms with Crippen LogP contribution in [0.1, 0.15) is 86.0 Å². The zero-order chi connectivity index (χ0) is 21.0. The van der Waals surface area contributed by atoms with Crippen LogP contribution in [0, 0.1) is 46.3 Å². The van der Waals surface area contributed by atoms with Crippen molar-refractivity contribution in [2.45, 2.75) is 92.1 Å². The molecule has 162 valence electrons. The Hall–Kier alpha value is -0.890. The molecular formula is C27H42O2. The van der Waals surface area contributed by atoms with Crippen LogP contribution in [-0.2, 0) is 4.79 Å². The van der Waals surface area contributed by atoms with Gasteiger partial charge in [-0.05, 0) is 103 Å². The number of ketones is 1. The zero-order valence-electron chi connectivity index (χ0n) is 19.3. The van der Waals surface area contributed by atoms with Gasteiger partial charge in [-0.1, -0.05) is 46.8 Å². The molecule has 3 saturated carbocycles. The molecular weight excluding hydrogens is 356 g/mol. The summed E-state index contributed by atoms with van der Waals surface area (Å²) >= 11 is 0. The molecule has 8 atom stereocenters. The molecule has 4 aliphatic carbocycles. The first-order chi connectivity index (χ1) is 13.7. The van der Waals surface area contributed by atoms with Gasteiger partial charge in [0.05, 0.1) is 6.10 Å². The number of hydrogen-bond acceptors (Lipinski definition) is 2. The van der Waals surface area contributed by atoms with Gasteiger partial charge in [-0.25, -0.2) is 0 Å². The van der Waals surface area contributed by atoms with Crippen molar-refractivity contribution in [1.82, 2.24) is 0 Å². The Kier molecular flexibility index (Phi) is 5.64. The van der Waals surface area contributed by atoms with Crippen molar-refractivity contribution in [3.63, 3.8) is 0 Å². The van der Waals surface area contributed by atoms with Crippen LogP contribution < -0.4 is 0 Å².